The number of piperidine rings is 1. The molecule has 0 radical (unpaired) electrons. The average molecular weight is 292 g/mol. The standard InChI is InChI=1S/C15H20N2O2S/c1-2-5-13-7-9-15(10-8-13)20(18,19)17-11-4-3-6-14(17)12-16/h7-10,14H,2-6,11H2,1H3. The summed E-state index contributed by atoms with van der Waals surface area (Å²) in [6.45, 7) is 2.53. The third-order valence-electron chi connectivity index (χ3n) is 3.67. The zero-order chi connectivity index (χ0) is 14.6. The van der Waals surface area contributed by atoms with Crippen molar-refractivity contribution in [3.8, 4) is 6.07 Å². The molecule has 0 aromatic heterocycles. The Bertz CT molecular complexity index is 587. The van der Waals surface area contributed by atoms with Crippen LogP contribution < -0.4 is 0 Å². The summed E-state index contributed by atoms with van der Waals surface area (Å²) in [5.41, 5.74) is 1.14. The van der Waals surface area contributed by atoms with Crippen LogP contribution in [0.2, 0.25) is 0 Å². The van der Waals surface area contributed by atoms with E-state index in [0.717, 1.165) is 31.2 Å². The molecule has 5 heteroatoms. The molecule has 1 heterocycles. The SMILES string of the molecule is CCCc1ccc(S(=O)(=O)N2CCCCC2C#N)cc1. The molecule has 4 nitrogen and oxygen atoms in total. The molecule has 1 aliphatic heterocycles. The summed E-state index contributed by atoms with van der Waals surface area (Å²) in [7, 11) is -3.54. The zero-order valence-corrected chi connectivity index (χ0v) is 12.6. The summed E-state index contributed by atoms with van der Waals surface area (Å²) in [4.78, 5) is 0.291. The molecule has 0 aliphatic carbocycles. The minimum absolute atomic E-state index is 0.291. The molecular weight excluding hydrogens is 272 g/mol. The molecule has 0 saturated carbocycles. The maximum atomic E-state index is 12.6. The number of nitriles is 1. The highest BCUT2D eigenvalue weighted by Crippen LogP contribution is 2.25. The van der Waals surface area contributed by atoms with Crippen LogP contribution in [0.1, 0.15) is 38.2 Å². The topological polar surface area (TPSA) is 61.2 Å². The smallest absolute Gasteiger partial charge is 0.207 e. The molecule has 1 aromatic rings. The van der Waals surface area contributed by atoms with E-state index in [1.165, 1.54) is 4.31 Å². The largest absolute Gasteiger partial charge is 0.244 e. The first-order valence-corrected chi connectivity index (χ1v) is 8.54. The van der Waals surface area contributed by atoms with Crippen molar-refractivity contribution in [2.75, 3.05) is 6.54 Å². The first kappa shape index (κ1) is 15.0. The molecular formula is C15H20N2O2S. The minimum atomic E-state index is -3.54. The van der Waals surface area contributed by atoms with E-state index in [0.29, 0.717) is 17.9 Å². The number of nitrogens with zero attached hydrogens (tertiary/aromatic N) is 2. The van der Waals surface area contributed by atoms with Gasteiger partial charge in [-0.2, -0.15) is 9.57 Å². The van der Waals surface area contributed by atoms with Crippen LogP contribution in [0.15, 0.2) is 29.2 Å². The average Bonchev–Trinajstić information content (AvgIpc) is 2.48. The Kier molecular flexibility index (Phi) is 4.79. The van der Waals surface area contributed by atoms with Crippen molar-refractivity contribution in [2.24, 2.45) is 0 Å². The molecule has 108 valence electrons. The quantitative estimate of drug-likeness (QED) is 0.857. The summed E-state index contributed by atoms with van der Waals surface area (Å²) in [5, 5.41) is 9.13. The highest BCUT2D eigenvalue weighted by atomic mass is 32.2. The van der Waals surface area contributed by atoms with Crippen LogP contribution in [0.4, 0.5) is 0 Å². The van der Waals surface area contributed by atoms with Crippen molar-refractivity contribution in [2.45, 2.75) is 50.0 Å². The second kappa shape index (κ2) is 6.38. The van der Waals surface area contributed by atoms with Gasteiger partial charge in [0.2, 0.25) is 10.0 Å². The van der Waals surface area contributed by atoms with Crippen molar-refractivity contribution < 1.29 is 8.42 Å². The number of aryl methyl sites for hydroxylation is 1. The predicted molar refractivity (Wildman–Crippen MR) is 77.6 cm³/mol. The molecule has 1 aliphatic rings. The van der Waals surface area contributed by atoms with Gasteiger partial charge in [-0.1, -0.05) is 25.5 Å². The van der Waals surface area contributed by atoms with Crippen LogP contribution in [0.3, 0.4) is 0 Å². The van der Waals surface area contributed by atoms with E-state index in [9.17, 15) is 8.42 Å². The molecule has 2 rings (SSSR count). The molecule has 0 N–H and O–H groups in total. The second-order valence-electron chi connectivity index (χ2n) is 5.15. The van der Waals surface area contributed by atoms with Crippen LogP contribution in [0.25, 0.3) is 0 Å². The highest BCUT2D eigenvalue weighted by molar-refractivity contribution is 7.89. The number of rotatable bonds is 4. The molecule has 1 aromatic carbocycles. The fraction of sp³-hybridized carbons (Fsp3) is 0.533. The van der Waals surface area contributed by atoms with Gasteiger partial charge in [-0.25, -0.2) is 8.42 Å². The van der Waals surface area contributed by atoms with Crippen LogP contribution in [-0.2, 0) is 16.4 Å². The van der Waals surface area contributed by atoms with Gasteiger partial charge in [0.25, 0.3) is 0 Å². The number of sulfonamides is 1. The van der Waals surface area contributed by atoms with Crippen LogP contribution in [-0.4, -0.2) is 25.3 Å². The molecule has 0 amide bonds. The number of hydrogen-bond donors (Lipinski definition) is 0. The molecule has 20 heavy (non-hydrogen) atoms. The Labute approximate surface area is 121 Å². The fourth-order valence-corrected chi connectivity index (χ4v) is 4.18. The minimum Gasteiger partial charge on any atom is -0.207 e. The second-order valence-corrected chi connectivity index (χ2v) is 7.04. The van der Waals surface area contributed by atoms with Crippen LogP contribution in [0, 0.1) is 11.3 Å². The maximum absolute atomic E-state index is 12.6. The lowest BCUT2D eigenvalue weighted by atomic mass is 10.1. The Hall–Kier alpha value is -1.38. The van der Waals surface area contributed by atoms with E-state index in [1.807, 2.05) is 12.1 Å². The van der Waals surface area contributed by atoms with Gasteiger partial charge in [0.1, 0.15) is 6.04 Å². The van der Waals surface area contributed by atoms with Crippen molar-refractivity contribution >= 4 is 10.0 Å². The molecule has 0 bridgehead atoms. The van der Waals surface area contributed by atoms with Crippen molar-refractivity contribution in [3.05, 3.63) is 29.8 Å². The van der Waals surface area contributed by atoms with E-state index in [1.54, 1.807) is 12.1 Å². The highest BCUT2D eigenvalue weighted by Gasteiger charge is 2.33. The molecule has 1 atom stereocenters. The van der Waals surface area contributed by atoms with Crippen molar-refractivity contribution in [1.82, 2.24) is 4.31 Å². The number of benzene rings is 1. The molecule has 1 fully saturated rings. The summed E-state index contributed by atoms with van der Waals surface area (Å²) in [5.74, 6) is 0. The van der Waals surface area contributed by atoms with Gasteiger partial charge in [0, 0.05) is 6.54 Å². The number of hydrogen-bond acceptors (Lipinski definition) is 3. The lowest BCUT2D eigenvalue weighted by Gasteiger charge is -2.30. The first-order chi connectivity index (χ1) is 9.59. The van der Waals surface area contributed by atoms with E-state index in [-0.39, 0.29) is 0 Å². The van der Waals surface area contributed by atoms with Gasteiger partial charge in [-0.3, -0.25) is 0 Å². The van der Waals surface area contributed by atoms with Crippen molar-refractivity contribution in [3.63, 3.8) is 0 Å². The van der Waals surface area contributed by atoms with Gasteiger partial charge in [-0.05, 0) is 43.4 Å². The Morgan fingerprint density at radius 3 is 2.60 bits per heavy atom. The fourth-order valence-electron chi connectivity index (χ4n) is 2.57. The predicted octanol–water partition coefficient (Wildman–Crippen LogP) is 2.71. The van der Waals surface area contributed by atoms with E-state index >= 15 is 0 Å². The van der Waals surface area contributed by atoms with E-state index in [2.05, 4.69) is 13.0 Å². The molecule has 0 spiro atoms. The van der Waals surface area contributed by atoms with Crippen LogP contribution >= 0.6 is 0 Å². The first-order valence-electron chi connectivity index (χ1n) is 7.10. The van der Waals surface area contributed by atoms with Gasteiger partial charge in [-0.15, -0.1) is 0 Å². The van der Waals surface area contributed by atoms with Gasteiger partial charge in [0.15, 0.2) is 0 Å². The van der Waals surface area contributed by atoms with E-state index in [4.69, 9.17) is 5.26 Å². The Balaban J connectivity index is 2.27. The summed E-state index contributed by atoms with van der Waals surface area (Å²) < 4.78 is 26.6. The summed E-state index contributed by atoms with van der Waals surface area (Å²) >= 11 is 0. The van der Waals surface area contributed by atoms with Crippen LogP contribution in [0.5, 0.6) is 0 Å². The van der Waals surface area contributed by atoms with Crippen molar-refractivity contribution in [1.29, 1.82) is 5.26 Å². The van der Waals surface area contributed by atoms with Gasteiger partial charge >= 0.3 is 0 Å². The third-order valence-corrected chi connectivity index (χ3v) is 5.59. The monoisotopic (exact) mass is 292 g/mol. The molecule has 1 saturated heterocycles. The maximum Gasteiger partial charge on any atom is 0.244 e. The van der Waals surface area contributed by atoms with E-state index < -0.39 is 16.1 Å². The third kappa shape index (κ3) is 3.02. The lowest BCUT2D eigenvalue weighted by Crippen LogP contribution is -2.42. The van der Waals surface area contributed by atoms with Gasteiger partial charge < -0.3 is 0 Å². The Morgan fingerprint density at radius 2 is 2.00 bits per heavy atom. The molecule has 1 unspecified atom stereocenters. The summed E-state index contributed by atoms with van der Waals surface area (Å²) in [6, 6.07) is 8.62. The zero-order valence-electron chi connectivity index (χ0n) is 11.7. The summed E-state index contributed by atoms with van der Waals surface area (Å²) in [6.07, 6.45) is 4.36. The lowest BCUT2D eigenvalue weighted by molar-refractivity contribution is 0.297. The Morgan fingerprint density at radius 1 is 1.30 bits per heavy atom. The normalized spacial score (nSPS) is 20.5. The van der Waals surface area contributed by atoms with Gasteiger partial charge in [0.05, 0.1) is 11.0 Å².